The van der Waals surface area contributed by atoms with Gasteiger partial charge in [-0.3, -0.25) is 57.3 Å². The number of nitrogens with zero attached hydrogens (tertiary/aromatic N) is 8. The van der Waals surface area contributed by atoms with Gasteiger partial charge in [0.15, 0.2) is 40.5 Å². The number of ketones is 7. The van der Waals surface area contributed by atoms with Gasteiger partial charge in [0.1, 0.15) is 63.5 Å². The van der Waals surface area contributed by atoms with E-state index in [4.69, 9.17) is 46.9 Å². The lowest BCUT2D eigenvalue weighted by Crippen LogP contribution is -2.42. The second kappa shape index (κ2) is 37.8. The Kier molecular flexibility index (Phi) is 30.3. The third-order valence-electron chi connectivity index (χ3n) is 17.9. The first-order valence-electron chi connectivity index (χ1n) is 33.8. The van der Waals surface area contributed by atoms with Crippen LogP contribution in [0.1, 0.15) is 123 Å². The van der Waals surface area contributed by atoms with Crippen molar-refractivity contribution in [3.05, 3.63) is 199 Å². The van der Waals surface area contributed by atoms with Crippen molar-refractivity contribution in [3.63, 3.8) is 0 Å². The van der Waals surface area contributed by atoms with Crippen molar-refractivity contribution in [2.45, 2.75) is 103 Å². The average Bonchev–Trinajstić information content (AvgIpc) is 1.47. The summed E-state index contributed by atoms with van der Waals surface area (Å²) < 4.78 is 237. The lowest BCUT2D eigenvalue weighted by atomic mass is 9.75. The highest BCUT2D eigenvalue weighted by Crippen LogP contribution is 2.43. The van der Waals surface area contributed by atoms with Crippen LogP contribution in [0.15, 0.2) is 98.2 Å². The molecule has 2 bridgehead atoms. The zero-order chi connectivity index (χ0) is 86.1. The number of methoxy groups -OCH3 is 2. The van der Waals surface area contributed by atoms with E-state index in [1.807, 2.05) is 0 Å². The van der Waals surface area contributed by atoms with Crippen LogP contribution in [0, 0.1) is 42.2 Å². The first kappa shape index (κ1) is 92.3. The summed E-state index contributed by atoms with van der Waals surface area (Å²) in [6, 6.07) is 9.20. The van der Waals surface area contributed by atoms with Crippen LogP contribution in [0.5, 0.6) is 11.5 Å². The minimum atomic E-state index is -5.03. The molecule has 115 heavy (non-hydrogen) atoms. The minimum absolute atomic E-state index is 0.0867. The van der Waals surface area contributed by atoms with Crippen LogP contribution in [0.25, 0.3) is 11.4 Å². The highest BCUT2D eigenvalue weighted by atomic mass is 35.5. The molecule has 10 rings (SSSR count). The molecule has 0 saturated heterocycles. The van der Waals surface area contributed by atoms with Gasteiger partial charge in [0, 0.05) is 107 Å². The van der Waals surface area contributed by atoms with E-state index in [1.54, 1.807) is 32.9 Å². The Morgan fingerprint density at radius 1 is 0.583 bits per heavy atom. The van der Waals surface area contributed by atoms with Gasteiger partial charge in [-0.1, -0.05) is 23.2 Å². The predicted molar refractivity (Wildman–Crippen MR) is 376 cm³/mol. The van der Waals surface area contributed by atoms with Crippen molar-refractivity contribution in [3.8, 4) is 22.9 Å². The fraction of sp³-hybridized carbons (Fsp3) is 0.417. The summed E-state index contributed by atoms with van der Waals surface area (Å²) in [5.74, 6) is -11.5. The van der Waals surface area contributed by atoms with Crippen LogP contribution < -0.4 is 27.2 Å². The molecule has 0 amide bonds. The topological polar surface area (TPSA) is 330 Å². The van der Waals surface area contributed by atoms with Crippen LogP contribution >= 0.6 is 23.2 Å². The van der Waals surface area contributed by atoms with Gasteiger partial charge in [0.25, 0.3) is 11.1 Å². The first-order valence-corrected chi connectivity index (χ1v) is 36.2. The molecule has 3 fully saturated rings. The maximum atomic E-state index is 14.5. The maximum Gasteiger partial charge on any atom is 0.433 e. The smallest absolute Gasteiger partial charge is 0.433 e. The van der Waals surface area contributed by atoms with Gasteiger partial charge in [-0.15, -0.1) is 0 Å². The van der Waals surface area contributed by atoms with Crippen molar-refractivity contribution in [2.75, 3.05) is 53.4 Å². The number of alkyl halides is 12. The molecule has 2 unspecified atom stereocenters. The molecule has 5 aromatic heterocycles. The molecule has 0 N–H and O–H groups in total. The Morgan fingerprint density at radius 3 is 1.43 bits per heavy atom. The summed E-state index contributed by atoms with van der Waals surface area (Å²) in [6.45, 7) is 4.64. The van der Waals surface area contributed by atoms with Crippen molar-refractivity contribution in [2.24, 2.45) is 37.8 Å². The van der Waals surface area contributed by atoms with E-state index >= 15 is 0 Å². The van der Waals surface area contributed by atoms with Crippen LogP contribution in [0.3, 0.4) is 0 Å². The van der Waals surface area contributed by atoms with E-state index < -0.39 is 178 Å². The summed E-state index contributed by atoms with van der Waals surface area (Å²) in [5.41, 5.74) is -13.5. The zero-order valence-corrected chi connectivity index (χ0v) is 63.8. The third-order valence-corrected chi connectivity index (χ3v) is 20.5. The largest absolute Gasteiger partial charge is 0.454 e. The maximum absolute atomic E-state index is 14.5. The number of hydrogen-bond donors (Lipinski definition) is 0. The lowest BCUT2D eigenvalue weighted by molar-refractivity contribution is -0.144. The second-order valence-corrected chi connectivity index (χ2v) is 28.8. The normalized spacial score (nSPS) is 16.1. The highest BCUT2D eigenvalue weighted by molar-refractivity contribution is 7.89. The molecule has 43 heteroatoms. The molecule has 2 atom stereocenters. The van der Waals surface area contributed by atoms with Crippen LogP contribution in [-0.2, 0) is 100 Å². The molecule has 3 aliphatic carbocycles. The SMILES string of the molecule is CC(C)N(C)S(=O)(=O)CC(=O)c1cc(-n2c(=O)cc(C(F)(F)F)n(C)c2=O)c(F)cc1Cl.COCCOCc1nc(C(F)(F)F)ccc1C(=O)C1C(=O)C2CCC(C2)C1=O.COCCOCc1nc(C(F)(F)F)ccc1C(=O)C1C(=O)CCCC1=O.Cc1ncccc1Oc1cc(-n2c(=O)cc(C(F)(F)F)n(C)c2=O)c(F)cc1Cl. The molecule has 0 spiro atoms. The number of benzene rings is 2. The molecule has 0 radical (unpaired) electrons. The fourth-order valence-corrected chi connectivity index (χ4v) is 13.6. The number of carbonyl (C=O) groups excluding carboxylic acids is 7. The number of fused-ring (bicyclic) bond motifs is 2. The number of carbonyl (C=O) groups is 7. The van der Waals surface area contributed by atoms with E-state index in [0.717, 1.165) is 42.7 Å². The number of aryl methyl sites for hydroxylation is 1. The summed E-state index contributed by atoms with van der Waals surface area (Å²) in [4.78, 5) is 148. The monoisotopic (exact) mass is 1700 g/mol. The van der Waals surface area contributed by atoms with Crippen LogP contribution in [-0.4, -0.2) is 146 Å². The molecule has 0 aliphatic heterocycles. The molecule has 3 aliphatic rings. The van der Waals surface area contributed by atoms with Crippen LogP contribution in [0.4, 0.5) is 61.5 Å². The Bertz CT molecular complexity index is 5240. The quantitative estimate of drug-likeness (QED) is 0.0248. The summed E-state index contributed by atoms with van der Waals surface area (Å²) >= 11 is 11.8. The minimum Gasteiger partial charge on any atom is -0.454 e. The van der Waals surface area contributed by atoms with Crippen molar-refractivity contribution in [1.29, 1.82) is 0 Å². The molecular formula is C72H68Cl2F14N8O18S. The number of Topliss-reactive ketones (excluding diaryl/α,β-unsaturated/α-hetero) is 7. The number of halogens is 16. The molecule has 2 aromatic carbocycles. The van der Waals surface area contributed by atoms with Crippen LogP contribution in [0.2, 0.25) is 10.0 Å². The number of hydrogen-bond acceptors (Lipinski definition) is 21. The van der Waals surface area contributed by atoms with Gasteiger partial charge in [-0.2, -0.15) is 52.7 Å². The molecule has 26 nitrogen and oxygen atoms in total. The highest BCUT2D eigenvalue weighted by Gasteiger charge is 2.51. The van der Waals surface area contributed by atoms with E-state index in [2.05, 4.69) is 15.0 Å². The predicted octanol–water partition coefficient (Wildman–Crippen LogP) is 11.1. The Balaban J connectivity index is 0.000000213. The Labute approximate surface area is 651 Å². The number of aromatic nitrogens is 7. The molecule has 5 heterocycles. The number of rotatable bonds is 23. The fourth-order valence-electron chi connectivity index (χ4n) is 11.8. The summed E-state index contributed by atoms with van der Waals surface area (Å²) in [5, 5.41) is -0.679. The van der Waals surface area contributed by atoms with Gasteiger partial charge in [0.2, 0.25) is 10.0 Å². The average molecular weight is 1700 g/mol. The molecule has 3 saturated carbocycles. The Morgan fingerprint density at radius 2 is 1.02 bits per heavy atom. The first-order chi connectivity index (χ1) is 53.5. The molecule has 7 aromatic rings. The van der Waals surface area contributed by atoms with Gasteiger partial charge < -0.3 is 23.7 Å². The van der Waals surface area contributed by atoms with Gasteiger partial charge >= 0.3 is 36.1 Å². The van der Waals surface area contributed by atoms with Gasteiger partial charge in [0.05, 0.1) is 78.1 Å². The summed E-state index contributed by atoms with van der Waals surface area (Å²) in [7, 11) is 1.59. The van der Waals surface area contributed by atoms with Crippen molar-refractivity contribution >= 4 is 73.7 Å². The van der Waals surface area contributed by atoms with E-state index in [0.29, 0.717) is 55.6 Å². The standard InChI is InChI=1S/C19H20F3NO5.C18H18ClF4N3O5S.C18H12ClF4N3O3.C17H18F3NO5/c1-27-6-7-28-9-13-12(4-5-14(23-13)19(20,21)22)18(26)15-16(24)10-2-3-11(8-10)17(15)25;1-9(2)25(4)32(30,31)8-14(27)10-5-13(12(20)6-11(10)19)26-16(28)7-15(18(21,22)23)24(3)17(26)29;1-9-13(4-3-5-24-9)29-14-7-12(11(20)6-10(14)19)26-16(27)8-15(18(21,22)23)25(2)17(26)28;1-25-7-8-26-9-11-10(5-6-14(21-11)17(18,19)20)16(24)15-12(22)3-2-4-13(15)23/h4-5,10-11,15H,2-3,6-9H2,1H3;5-7,9H,8H2,1-4H3;3-8H,1-2H3;5-6,15H,2-4,7-9H2,1H3. The zero-order valence-electron chi connectivity index (χ0n) is 61.5. The van der Waals surface area contributed by atoms with E-state index in [1.165, 1.54) is 27.5 Å². The van der Waals surface area contributed by atoms with E-state index in [-0.39, 0.29) is 134 Å². The number of pyridine rings is 3. The molecular weight excluding hydrogens is 1630 g/mol. The van der Waals surface area contributed by atoms with Gasteiger partial charge in [-0.05, 0) is 101 Å². The van der Waals surface area contributed by atoms with E-state index in [9.17, 15) is 123 Å². The number of ether oxygens (including phenoxy) is 5. The third kappa shape index (κ3) is 22.2. The molecule has 622 valence electrons. The second-order valence-electron chi connectivity index (χ2n) is 25.9. The Hall–Kier alpha value is -9.91. The number of sulfonamides is 1. The summed E-state index contributed by atoms with van der Waals surface area (Å²) in [6.07, 6.45) is -15.7. The van der Waals surface area contributed by atoms with Crippen molar-refractivity contribution < 1.29 is 127 Å². The van der Waals surface area contributed by atoms with Gasteiger partial charge in [-0.25, -0.2) is 50.2 Å². The lowest BCUT2D eigenvalue weighted by Gasteiger charge is -2.25. The van der Waals surface area contributed by atoms with Crippen molar-refractivity contribution in [1.82, 2.24) is 37.5 Å².